The van der Waals surface area contributed by atoms with Gasteiger partial charge in [0.15, 0.2) is 5.78 Å². The van der Waals surface area contributed by atoms with Crippen molar-refractivity contribution in [2.75, 3.05) is 0 Å². The number of nitrogens with zero attached hydrogens (tertiary/aromatic N) is 1. The summed E-state index contributed by atoms with van der Waals surface area (Å²) < 4.78 is 0. The van der Waals surface area contributed by atoms with E-state index in [1.807, 2.05) is 36.4 Å². The molecule has 1 amide bonds. The highest BCUT2D eigenvalue weighted by molar-refractivity contribution is 8.01. The third-order valence-corrected chi connectivity index (χ3v) is 4.63. The maximum absolute atomic E-state index is 12.1. The van der Waals surface area contributed by atoms with Crippen LogP contribution in [-0.2, 0) is 16.0 Å². The fourth-order valence-corrected chi connectivity index (χ4v) is 3.45. The number of benzene rings is 1. The molecule has 1 fully saturated rings. The van der Waals surface area contributed by atoms with Crippen molar-refractivity contribution in [1.29, 1.82) is 0 Å². The molecule has 3 rings (SSSR count). The van der Waals surface area contributed by atoms with E-state index < -0.39 is 0 Å². The van der Waals surface area contributed by atoms with Crippen molar-refractivity contribution >= 4 is 23.5 Å². The minimum absolute atomic E-state index is 0.112. The zero-order valence-corrected chi connectivity index (χ0v) is 10.6. The van der Waals surface area contributed by atoms with E-state index in [2.05, 4.69) is 0 Å². The van der Waals surface area contributed by atoms with Gasteiger partial charge in [-0.05, 0) is 11.6 Å². The van der Waals surface area contributed by atoms with E-state index in [4.69, 9.17) is 0 Å². The lowest BCUT2D eigenvalue weighted by atomic mass is 10.1. The van der Waals surface area contributed by atoms with Gasteiger partial charge in [0.25, 0.3) is 0 Å². The molecule has 18 heavy (non-hydrogen) atoms. The van der Waals surface area contributed by atoms with Gasteiger partial charge in [0, 0.05) is 12.6 Å². The minimum Gasteiger partial charge on any atom is -0.306 e. The molecular formula is C14H13NO2S. The second kappa shape index (κ2) is 4.61. The molecule has 2 atom stereocenters. The molecule has 2 aliphatic rings. The van der Waals surface area contributed by atoms with Crippen LogP contribution >= 0.6 is 11.8 Å². The third kappa shape index (κ3) is 2.08. The Hall–Kier alpha value is -1.55. The Labute approximate surface area is 110 Å². The Bertz CT molecular complexity index is 512. The molecule has 0 aromatic heterocycles. The van der Waals surface area contributed by atoms with Crippen molar-refractivity contribution < 1.29 is 9.59 Å². The first-order valence-corrected chi connectivity index (χ1v) is 6.90. The van der Waals surface area contributed by atoms with Crippen LogP contribution in [0.25, 0.3) is 0 Å². The van der Waals surface area contributed by atoms with Crippen LogP contribution in [0.4, 0.5) is 0 Å². The molecule has 3 nitrogen and oxygen atoms in total. The molecule has 0 aliphatic carbocycles. The second-order valence-corrected chi connectivity index (χ2v) is 5.81. The average molecular weight is 259 g/mol. The molecule has 2 aliphatic heterocycles. The van der Waals surface area contributed by atoms with E-state index in [9.17, 15) is 9.59 Å². The summed E-state index contributed by atoms with van der Waals surface area (Å²) in [4.78, 5) is 25.1. The van der Waals surface area contributed by atoms with Gasteiger partial charge in [-0.25, -0.2) is 0 Å². The van der Waals surface area contributed by atoms with Gasteiger partial charge in [-0.2, -0.15) is 0 Å². The molecule has 0 saturated carbocycles. The summed E-state index contributed by atoms with van der Waals surface area (Å²) >= 11 is 1.58. The van der Waals surface area contributed by atoms with E-state index in [0.29, 0.717) is 12.8 Å². The highest BCUT2D eigenvalue weighted by Crippen LogP contribution is 2.37. The topological polar surface area (TPSA) is 37.4 Å². The van der Waals surface area contributed by atoms with Crippen molar-refractivity contribution in [3.8, 4) is 0 Å². The van der Waals surface area contributed by atoms with Gasteiger partial charge in [-0.1, -0.05) is 30.3 Å². The lowest BCUT2D eigenvalue weighted by molar-refractivity contribution is -0.137. The predicted molar refractivity (Wildman–Crippen MR) is 70.9 cm³/mol. The zero-order valence-electron chi connectivity index (χ0n) is 9.78. The first kappa shape index (κ1) is 11.5. The molecule has 1 saturated heterocycles. The summed E-state index contributed by atoms with van der Waals surface area (Å²) in [6.45, 7) is 0. The van der Waals surface area contributed by atoms with Gasteiger partial charge in [0.05, 0.1) is 17.0 Å². The Kier molecular flexibility index (Phi) is 2.96. The summed E-state index contributed by atoms with van der Waals surface area (Å²) in [5, 5.41) is 0.0618. The first-order valence-electron chi connectivity index (χ1n) is 5.95. The zero-order chi connectivity index (χ0) is 12.5. The van der Waals surface area contributed by atoms with Gasteiger partial charge >= 0.3 is 0 Å². The fourth-order valence-electron chi connectivity index (χ4n) is 2.16. The molecule has 0 radical (unpaired) electrons. The lowest BCUT2D eigenvalue weighted by Crippen LogP contribution is -2.50. The maximum atomic E-state index is 12.1. The molecule has 0 bridgehead atoms. The van der Waals surface area contributed by atoms with Gasteiger partial charge < -0.3 is 4.90 Å². The van der Waals surface area contributed by atoms with Crippen LogP contribution in [-0.4, -0.2) is 27.2 Å². The summed E-state index contributed by atoms with van der Waals surface area (Å²) in [7, 11) is 0. The van der Waals surface area contributed by atoms with Gasteiger partial charge in [-0.3, -0.25) is 9.59 Å². The fraction of sp³-hybridized carbons (Fsp3) is 0.286. The van der Waals surface area contributed by atoms with Gasteiger partial charge in [-0.15, -0.1) is 11.8 Å². The van der Waals surface area contributed by atoms with Crippen LogP contribution in [0.3, 0.4) is 0 Å². The van der Waals surface area contributed by atoms with Crippen LogP contribution in [0.1, 0.15) is 12.0 Å². The number of ketones is 1. The number of β-lactam (4-membered cyclic amide) rings is 1. The Morgan fingerprint density at radius 3 is 2.78 bits per heavy atom. The van der Waals surface area contributed by atoms with E-state index >= 15 is 0 Å². The Morgan fingerprint density at radius 2 is 2.11 bits per heavy atom. The summed E-state index contributed by atoms with van der Waals surface area (Å²) in [5.74, 6) is 0.360. The highest BCUT2D eigenvalue weighted by atomic mass is 32.2. The van der Waals surface area contributed by atoms with Crippen molar-refractivity contribution in [2.24, 2.45) is 0 Å². The standard InChI is InChI=1S/C14H13NO2S/c16-11(8-10-4-2-1-3-5-10)12-6-7-15-13(17)9-14(15)18-12/h1-7,12,14H,8-9H2/t12?,14-/m1/s1. The number of fused-ring (bicyclic) bond motifs is 1. The Morgan fingerprint density at radius 1 is 1.33 bits per heavy atom. The van der Waals surface area contributed by atoms with Gasteiger partial charge in [0.1, 0.15) is 0 Å². The summed E-state index contributed by atoms with van der Waals surface area (Å²) in [5.41, 5.74) is 1.05. The predicted octanol–water partition coefficient (Wildman–Crippen LogP) is 1.99. The van der Waals surface area contributed by atoms with Crippen LogP contribution in [0.2, 0.25) is 0 Å². The summed E-state index contributed by atoms with van der Waals surface area (Å²) in [6, 6.07) is 9.77. The molecular weight excluding hydrogens is 246 g/mol. The molecule has 0 N–H and O–H groups in total. The average Bonchev–Trinajstić information content (AvgIpc) is 2.38. The van der Waals surface area contributed by atoms with Crippen LogP contribution in [0, 0.1) is 0 Å². The number of rotatable bonds is 3. The summed E-state index contributed by atoms with van der Waals surface area (Å²) in [6.07, 6.45) is 4.62. The molecule has 92 valence electrons. The number of carbonyl (C=O) groups is 2. The molecule has 1 aromatic carbocycles. The quantitative estimate of drug-likeness (QED) is 0.779. The molecule has 2 heterocycles. The van der Waals surface area contributed by atoms with E-state index in [1.165, 1.54) is 0 Å². The Balaban J connectivity index is 1.66. The number of amides is 1. The highest BCUT2D eigenvalue weighted by Gasteiger charge is 2.40. The molecule has 1 unspecified atom stereocenters. The normalized spacial score (nSPS) is 25.6. The van der Waals surface area contributed by atoms with Crippen LogP contribution in [0.15, 0.2) is 42.6 Å². The maximum Gasteiger partial charge on any atom is 0.230 e. The van der Waals surface area contributed by atoms with E-state index in [0.717, 1.165) is 5.56 Å². The van der Waals surface area contributed by atoms with Gasteiger partial charge in [0.2, 0.25) is 5.91 Å². The van der Waals surface area contributed by atoms with Crippen molar-refractivity contribution in [3.63, 3.8) is 0 Å². The second-order valence-electron chi connectivity index (χ2n) is 4.49. The van der Waals surface area contributed by atoms with Crippen molar-refractivity contribution in [3.05, 3.63) is 48.2 Å². The van der Waals surface area contributed by atoms with Crippen LogP contribution in [0.5, 0.6) is 0 Å². The third-order valence-electron chi connectivity index (χ3n) is 3.21. The van der Waals surface area contributed by atoms with E-state index in [-0.39, 0.29) is 22.3 Å². The van der Waals surface area contributed by atoms with E-state index in [1.54, 1.807) is 22.9 Å². The number of carbonyl (C=O) groups excluding carboxylic acids is 2. The largest absolute Gasteiger partial charge is 0.306 e. The smallest absolute Gasteiger partial charge is 0.230 e. The molecule has 1 aromatic rings. The van der Waals surface area contributed by atoms with Crippen molar-refractivity contribution in [1.82, 2.24) is 4.90 Å². The van der Waals surface area contributed by atoms with Crippen molar-refractivity contribution in [2.45, 2.75) is 23.5 Å². The monoisotopic (exact) mass is 259 g/mol. The number of hydrogen-bond acceptors (Lipinski definition) is 3. The lowest BCUT2D eigenvalue weighted by Gasteiger charge is -2.41. The SMILES string of the molecule is O=C(Cc1ccccc1)C1C=CN2C(=O)C[C@H]2S1. The number of thioether (sulfide) groups is 1. The minimum atomic E-state index is -0.112. The molecule has 0 spiro atoms. The van der Waals surface area contributed by atoms with Crippen LogP contribution < -0.4 is 0 Å². The number of hydrogen-bond donors (Lipinski definition) is 0. The first-order chi connectivity index (χ1) is 8.74. The molecule has 4 heteroatoms. The number of Topliss-reactive ketones (excluding diaryl/α,β-unsaturated/α-hetero) is 1.